The highest BCUT2D eigenvalue weighted by Gasteiger charge is 2.29. The number of hydrogen-bond acceptors (Lipinski definition) is 6. The number of fused-ring (bicyclic) bond motifs is 1. The standard InChI is InChI=1S/C24H23ClN4O2/c1-6-30-20-9-15(8-19(25)23(20)31-12(2)3)7-16-13(4)17(10-26)22-21(16)14(5)18(11-27)24(28)29-22/h7-9,12H,6H2,1-5H3,(H2,28,29). The summed E-state index contributed by atoms with van der Waals surface area (Å²) in [4.78, 5) is 4.35. The van der Waals surface area contributed by atoms with E-state index in [1.54, 1.807) is 6.07 Å². The number of benzene rings is 1. The van der Waals surface area contributed by atoms with Crippen molar-refractivity contribution in [2.45, 2.75) is 40.7 Å². The maximum Gasteiger partial charge on any atom is 0.180 e. The highest BCUT2D eigenvalue weighted by atomic mass is 35.5. The summed E-state index contributed by atoms with van der Waals surface area (Å²) in [7, 11) is 0. The van der Waals surface area contributed by atoms with Crippen LogP contribution in [0.25, 0.3) is 17.2 Å². The van der Waals surface area contributed by atoms with E-state index in [0.29, 0.717) is 45.5 Å². The summed E-state index contributed by atoms with van der Waals surface area (Å²) in [6.07, 6.45) is 1.85. The zero-order valence-corrected chi connectivity index (χ0v) is 18.9. The number of rotatable bonds is 5. The van der Waals surface area contributed by atoms with Crippen LogP contribution in [0.3, 0.4) is 0 Å². The first-order chi connectivity index (χ1) is 14.7. The molecule has 0 amide bonds. The van der Waals surface area contributed by atoms with Crippen LogP contribution in [0, 0.1) is 29.6 Å². The molecule has 1 heterocycles. The molecule has 0 atom stereocenters. The smallest absolute Gasteiger partial charge is 0.180 e. The molecular formula is C24H23ClN4O2. The van der Waals surface area contributed by atoms with E-state index in [2.05, 4.69) is 17.1 Å². The average Bonchev–Trinajstić information content (AvgIpc) is 2.95. The molecule has 0 unspecified atom stereocenters. The number of nitrogens with two attached hydrogens (primary N) is 1. The summed E-state index contributed by atoms with van der Waals surface area (Å²) in [5.74, 6) is 1.16. The molecule has 0 saturated carbocycles. The molecule has 2 N–H and O–H groups in total. The van der Waals surface area contributed by atoms with E-state index < -0.39 is 0 Å². The highest BCUT2D eigenvalue weighted by molar-refractivity contribution is 6.32. The molecule has 1 aromatic heterocycles. The van der Waals surface area contributed by atoms with Gasteiger partial charge >= 0.3 is 0 Å². The van der Waals surface area contributed by atoms with Crippen molar-refractivity contribution in [1.29, 1.82) is 10.5 Å². The number of pyridine rings is 1. The fourth-order valence-electron chi connectivity index (χ4n) is 3.65. The Morgan fingerprint density at radius 1 is 1.23 bits per heavy atom. The fraction of sp³-hybridized carbons (Fsp3) is 0.292. The van der Waals surface area contributed by atoms with Crippen LogP contribution in [0.5, 0.6) is 11.5 Å². The quantitative estimate of drug-likeness (QED) is 0.662. The van der Waals surface area contributed by atoms with Crippen molar-refractivity contribution in [2.24, 2.45) is 0 Å². The fourth-order valence-corrected chi connectivity index (χ4v) is 3.91. The van der Waals surface area contributed by atoms with Gasteiger partial charge in [-0.3, -0.25) is 0 Å². The predicted molar refractivity (Wildman–Crippen MR) is 123 cm³/mol. The third-order valence-electron chi connectivity index (χ3n) is 4.98. The Labute approximate surface area is 187 Å². The second-order valence-corrected chi connectivity index (χ2v) is 7.84. The topological polar surface area (TPSA) is 105 Å². The van der Waals surface area contributed by atoms with E-state index in [4.69, 9.17) is 26.8 Å². The van der Waals surface area contributed by atoms with Crippen molar-refractivity contribution >= 4 is 34.6 Å². The van der Waals surface area contributed by atoms with Gasteiger partial charge in [-0.1, -0.05) is 11.6 Å². The van der Waals surface area contributed by atoms with Gasteiger partial charge in [0.25, 0.3) is 0 Å². The normalized spacial score (nSPS) is 13.9. The molecule has 3 rings (SSSR count). The average molecular weight is 435 g/mol. The summed E-state index contributed by atoms with van der Waals surface area (Å²) in [6, 6.07) is 7.97. The van der Waals surface area contributed by atoms with Crippen molar-refractivity contribution < 1.29 is 9.47 Å². The van der Waals surface area contributed by atoms with Crippen LogP contribution < -0.4 is 15.2 Å². The Kier molecular flexibility index (Phi) is 6.24. The molecule has 31 heavy (non-hydrogen) atoms. The van der Waals surface area contributed by atoms with E-state index in [1.165, 1.54) is 0 Å². The largest absolute Gasteiger partial charge is 0.490 e. The molecule has 0 bridgehead atoms. The number of hydrogen-bond donors (Lipinski definition) is 1. The van der Waals surface area contributed by atoms with Crippen molar-refractivity contribution in [1.82, 2.24) is 4.98 Å². The molecule has 158 valence electrons. The number of nitrogens with zero attached hydrogens (tertiary/aromatic N) is 3. The lowest BCUT2D eigenvalue weighted by Gasteiger charge is -2.17. The van der Waals surface area contributed by atoms with Crippen molar-refractivity contribution in [3.05, 3.63) is 50.7 Å². The van der Waals surface area contributed by atoms with E-state index in [1.807, 2.05) is 46.8 Å². The molecule has 0 saturated heterocycles. The maximum atomic E-state index is 9.72. The first kappa shape index (κ1) is 22.2. The van der Waals surface area contributed by atoms with Gasteiger partial charge in [0.15, 0.2) is 11.5 Å². The van der Waals surface area contributed by atoms with Crippen molar-refractivity contribution in [2.75, 3.05) is 12.3 Å². The van der Waals surface area contributed by atoms with E-state index in [0.717, 1.165) is 22.3 Å². The summed E-state index contributed by atoms with van der Waals surface area (Å²) < 4.78 is 11.6. The van der Waals surface area contributed by atoms with E-state index in [-0.39, 0.29) is 11.9 Å². The van der Waals surface area contributed by atoms with E-state index >= 15 is 0 Å². The van der Waals surface area contributed by atoms with Gasteiger partial charge < -0.3 is 15.2 Å². The van der Waals surface area contributed by atoms with Crippen LogP contribution in [0.4, 0.5) is 5.82 Å². The van der Waals surface area contributed by atoms with Gasteiger partial charge in [0.05, 0.1) is 34.6 Å². The summed E-state index contributed by atoms with van der Waals surface area (Å²) in [5.41, 5.74) is 11.0. The SMILES string of the molecule is CCOc1cc(C=C2C(C)=C(C#N)c3nc(N)c(C#N)c(C)c32)cc(Cl)c1OC(C)C. The monoisotopic (exact) mass is 434 g/mol. The molecule has 1 aliphatic carbocycles. The molecule has 0 radical (unpaired) electrons. The number of nitriles is 2. The lowest BCUT2D eigenvalue weighted by Crippen LogP contribution is -2.08. The van der Waals surface area contributed by atoms with Crippen LogP contribution in [-0.4, -0.2) is 17.7 Å². The van der Waals surface area contributed by atoms with Gasteiger partial charge in [-0.2, -0.15) is 10.5 Å². The van der Waals surface area contributed by atoms with Gasteiger partial charge in [-0.25, -0.2) is 4.98 Å². The zero-order valence-electron chi connectivity index (χ0n) is 18.1. The van der Waals surface area contributed by atoms with Gasteiger partial charge in [0, 0.05) is 5.56 Å². The highest BCUT2D eigenvalue weighted by Crippen LogP contribution is 2.45. The van der Waals surface area contributed by atoms with E-state index in [9.17, 15) is 10.5 Å². The number of ether oxygens (including phenoxy) is 2. The molecule has 7 heteroatoms. The molecule has 0 spiro atoms. The number of nitrogen functional groups attached to an aromatic ring is 1. The maximum absolute atomic E-state index is 9.72. The Morgan fingerprint density at radius 2 is 1.94 bits per heavy atom. The minimum absolute atomic E-state index is 0.0606. The third kappa shape index (κ3) is 3.95. The van der Waals surface area contributed by atoms with Crippen molar-refractivity contribution in [3.63, 3.8) is 0 Å². The summed E-state index contributed by atoms with van der Waals surface area (Å²) >= 11 is 6.52. The Morgan fingerprint density at radius 3 is 2.52 bits per heavy atom. The van der Waals surface area contributed by atoms with Crippen LogP contribution in [-0.2, 0) is 0 Å². The number of halogens is 1. The Hall–Kier alpha value is -3.48. The second-order valence-electron chi connectivity index (χ2n) is 7.43. The van der Waals surface area contributed by atoms with Crippen molar-refractivity contribution in [3.8, 4) is 23.6 Å². The number of anilines is 1. The minimum Gasteiger partial charge on any atom is -0.490 e. The van der Waals surface area contributed by atoms with Gasteiger partial charge in [0.1, 0.15) is 18.0 Å². The third-order valence-corrected chi connectivity index (χ3v) is 5.26. The molecule has 0 fully saturated rings. The van der Waals surface area contributed by atoms with Gasteiger partial charge in [0.2, 0.25) is 0 Å². The zero-order chi connectivity index (χ0) is 22.9. The lowest BCUT2D eigenvalue weighted by atomic mass is 9.95. The minimum atomic E-state index is -0.0606. The summed E-state index contributed by atoms with van der Waals surface area (Å²) in [5, 5.41) is 19.7. The van der Waals surface area contributed by atoms with Gasteiger partial charge in [-0.15, -0.1) is 0 Å². The van der Waals surface area contributed by atoms with Crippen LogP contribution >= 0.6 is 11.6 Å². The molecule has 0 aliphatic heterocycles. The predicted octanol–water partition coefficient (Wildman–Crippen LogP) is 5.53. The number of aromatic nitrogens is 1. The molecular weight excluding hydrogens is 412 g/mol. The van der Waals surface area contributed by atoms with Crippen LogP contribution in [0.2, 0.25) is 5.02 Å². The first-order valence-electron chi connectivity index (χ1n) is 9.90. The molecule has 1 aromatic carbocycles. The Balaban J connectivity index is 2.25. The van der Waals surface area contributed by atoms with Gasteiger partial charge in [-0.05, 0) is 75.1 Å². The van der Waals surface area contributed by atoms with Crippen LogP contribution in [0.15, 0.2) is 17.7 Å². The Bertz CT molecular complexity index is 1210. The molecule has 6 nitrogen and oxygen atoms in total. The number of allylic oxidation sites excluding steroid dienone is 3. The molecule has 1 aliphatic rings. The lowest BCUT2D eigenvalue weighted by molar-refractivity contribution is 0.224. The molecule has 2 aromatic rings. The van der Waals surface area contributed by atoms with Crippen LogP contribution in [0.1, 0.15) is 55.6 Å². The summed E-state index contributed by atoms with van der Waals surface area (Å²) in [6.45, 7) is 9.86. The first-order valence-corrected chi connectivity index (χ1v) is 10.3. The second kappa shape index (κ2) is 8.71.